The first-order chi connectivity index (χ1) is 7.62. The van der Waals surface area contributed by atoms with E-state index in [2.05, 4.69) is 77.6 Å². The van der Waals surface area contributed by atoms with Crippen LogP contribution in [0.15, 0.2) is 0 Å². The van der Waals surface area contributed by atoms with Crippen molar-refractivity contribution in [2.45, 2.75) is 35.2 Å². The van der Waals surface area contributed by atoms with Gasteiger partial charge >= 0.3 is 0 Å². The lowest BCUT2D eigenvalue weighted by Gasteiger charge is -2.20. The predicted molar refractivity (Wildman–Crippen MR) is 86.4 cm³/mol. The lowest BCUT2D eigenvalue weighted by molar-refractivity contribution is 1.10. The van der Waals surface area contributed by atoms with Crippen LogP contribution < -0.4 is 0 Å². The van der Waals surface area contributed by atoms with Crippen molar-refractivity contribution in [3.05, 3.63) is 33.4 Å². The van der Waals surface area contributed by atoms with E-state index in [1.54, 1.807) is 0 Å². The minimum Gasteiger partial charge on any atom is -0.0876 e. The molecule has 0 amide bonds. The van der Waals surface area contributed by atoms with Gasteiger partial charge in [0.15, 0.2) is 0 Å². The zero-order chi connectivity index (χ0) is 12.3. The van der Waals surface area contributed by atoms with Gasteiger partial charge in [-0.15, -0.1) is 0 Å². The monoisotopic (exact) mass is 474 g/mol. The molecule has 0 bridgehead atoms. The number of benzene rings is 1. The molecule has 0 saturated carbocycles. The predicted octanol–water partition coefficient (Wildman–Crippen LogP) is 5.88. The molecule has 1 aromatic rings. The van der Waals surface area contributed by atoms with Crippen molar-refractivity contribution in [2.24, 2.45) is 0 Å². The third-order valence-electron chi connectivity index (χ3n) is 3.07. The van der Waals surface area contributed by atoms with Crippen molar-refractivity contribution in [3.8, 4) is 0 Å². The highest BCUT2D eigenvalue weighted by Crippen LogP contribution is 2.33. The van der Waals surface area contributed by atoms with Gasteiger partial charge in [-0.2, -0.15) is 0 Å². The largest absolute Gasteiger partial charge is 0.0876 e. The molecule has 0 aliphatic rings. The maximum atomic E-state index is 3.60. The van der Waals surface area contributed by atoms with Crippen molar-refractivity contribution in [1.82, 2.24) is 0 Å². The Morgan fingerprint density at radius 1 is 0.562 bits per heavy atom. The second-order valence-electron chi connectivity index (χ2n) is 3.70. The molecule has 0 spiro atoms. The SMILES string of the molecule is Cc1c(CBr)c(CBr)c(C)c(CBr)c1CBr. The molecular weight excluding hydrogens is 464 g/mol. The molecule has 1 rings (SSSR count). The summed E-state index contributed by atoms with van der Waals surface area (Å²) in [6.07, 6.45) is 0. The molecule has 4 heteroatoms. The lowest BCUT2D eigenvalue weighted by atomic mass is 9.90. The van der Waals surface area contributed by atoms with E-state index < -0.39 is 0 Å². The van der Waals surface area contributed by atoms with Gasteiger partial charge in [-0.1, -0.05) is 63.7 Å². The summed E-state index contributed by atoms with van der Waals surface area (Å²) in [5, 5.41) is 3.68. The highest BCUT2D eigenvalue weighted by molar-refractivity contribution is 9.09. The molecule has 0 unspecified atom stereocenters. The average molecular weight is 478 g/mol. The molecular formula is C12H14Br4. The zero-order valence-electron chi connectivity index (χ0n) is 9.34. The van der Waals surface area contributed by atoms with E-state index in [0.717, 1.165) is 21.3 Å². The fourth-order valence-electron chi connectivity index (χ4n) is 1.99. The van der Waals surface area contributed by atoms with E-state index >= 15 is 0 Å². The molecule has 0 N–H and O–H groups in total. The molecule has 0 aliphatic heterocycles. The average Bonchev–Trinajstić information content (AvgIpc) is 2.30. The Morgan fingerprint density at radius 3 is 0.875 bits per heavy atom. The number of halogens is 4. The second-order valence-corrected chi connectivity index (χ2v) is 5.94. The van der Waals surface area contributed by atoms with E-state index in [-0.39, 0.29) is 0 Å². The molecule has 0 saturated heterocycles. The summed E-state index contributed by atoms with van der Waals surface area (Å²) < 4.78 is 0. The van der Waals surface area contributed by atoms with Crippen molar-refractivity contribution in [1.29, 1.82) is 0 Å². The Bertz CT molecular complexity index is 315. The Morgan fingerprint density at radius 2 is 0.750 bits per heavy atom. The first-order valence-electron chi connectivity index (χ1n) is 4.98. The molecule has 0 radical (unpaired) electrons. The van der Waals surface area contributed by atoms with E-state index in [9.17, 15) is 0 Å². The van der Waals surface area contributed by atoms with Crippen molar-refractivity contribution < 1.29 is 0 Å². The van der Waals surface area contributed by atoms with Gasteiger partial charge in [-0.25, -0.2) is 0 Å². The summed E-state index contributed by atoms with van der Waals surface area (Å²) in [5.74, 6) is 0. The van der Waals surface area contributed by atoms with Crippen molar-refractivity contribution in [3.63, 3.8) is 0 Å². The summed E-state index contributed by atoms with van der Waals surface area (Å²) >= 11 is 14.4. The van der Waals surface area contributed by atoms with Crippen molar-refractivity contribution >= 4 is 63.7 Å². The normalized spacial score (nSPS) is 10.9. The topological polar surface area (TPSA) is 0 Å². The summed E-state index contributed by atoms with van der Waals surface area (Å²) in [7, 11) is 0. The van der Waals surface area contributed by atoms with Gasteiger partial charge < -0.3 is 0 Å². The van der Waals surface area contributed by atoms with E-state index in [4.69, 9.17) is 0 Å². The highest BCUT2D eigenvalue weighted by Gasteiger charge is 2.16. The Balaban J connectivity index is 3.60. The van der Waals surface area contributed by atoms with Crippen molar-refractivity contribution in [2.75, 3.05) is 0 Å². The Labute approximate surface area is 131 Å². The van der Waals surface area contributed by atoms with Crippen LogP contribution >= 0.6 is 63.7 Å². The van der Waals surface area contributed by atoms with Gasteiger partial charge in [0.2, 0.25) is 0 Å². The number of hydrogen-bond donors (Lipinski definition) is 0. The number of hydrogen-bond acceptors (Lipinski definition) is 0. The maximum Gasteiger partial charge on any atom is 0.0288 e. The van der Waals surface area contributed by atoms with Crippen LogP contribution in [0.2, 0.25) is 0 Å². The molecule has 0 aromatic heterocycles. The fraction of sp³-hybridized carbons (Fsp3) is 0.500. The third-order valence-corrected chi connectivity index (χ3v) is 5.32. The van der Waals surface area contributed by atoms with Gasteiger partial charge in [0, 0.05) is 21.3 Å². The highest BCUT2D eigenvalue weighted by atomic mass is 79.9. The second kappa shape index (κ2) is 6.91. The van der Waals surface area contributed by atoms with E-state index in [1.807, 2.05) is 0 Å². The van der Waals surface area contributed by atoms with Crippen LogP contribution in [0.5, 0.6) is 0 Å². The third kappa shape index (κ3) is 2.76. The van der Waals surface area contributed by atoms with Gasteiger partial charge in [0.25, 0.3) is 0 Å². The minimum atomic E-state index is 0.920. The lowest BCUT2D eigenvalue weighted by Crippen LogP contribution is -2.05. The summed E-state index contributed by atoms with van der Waals surface area (Å²) in [5.41, 5.74) is 8.51. The van der Waals surface area contributed by atoms with Gasteiger partial charge in [-0.3, -0.25) is 0 Å². The van der Waals surface area contributed by atoms with Crippen LogP contribution in [-0.4, -0.2) is 0 Å². The van der Waals surface area contributed by atoms with E-state index in [1.165, 1.54) is 33.4 Å². The Hall–Kier alpha value is 1.14. The molecule has 1 aromatic carbocycles. The molecule has 16 heavy (non-hydrogen) atoms. The van der Waals surface area contributed by atoms with Crippen LogP contribution in [0.4, 0.5) is 0 Å². The molecule has 0 atom stereocenters. The summed E-state index contributed by atoms with van der Waals surface area (Å²) in [4.78, 5) is 0. The Kier molecular flexibility index (Phi) is 6.56. The summed E-state index contributed by atoms with van der Waals surface area (Å²) in [6, 6.07) is 0. The number of rotatable bonds is 4. The minimum absolute atomic E-state index is 0.920. The molecule has 0 nitrogen and oxygen atoms in total. The van der Waals surface area contributed by atoms with Gasteiger partial charge in [0.1, 0.15) is 0 Å². The van der Waals surface area contributed by atoms with Crippen LogP contribution in [0, 0.1) is 13.8 Å². The fourth-order valence-corrected chi connectivity index (χ4v) is 5.03. The van der Waals surface area contributed by atoms with Crippen LogP contribution in [0.1, 0.15) is 33.4 Å². The maximum absolute atomic E-state index is 3.60. The van der Waals surface area contributed by atoms with Gasteiger partial charge in [-0.05, 0) is 47.2 Å². The van der Waals surface area contributed by atoms with Crippen LogP contribution in [-0.2, 0) is 21.3 Å². The smallest absolute Gasteiger partial charge is 0.0288 e. The first-order valence-corrected chi connectivity index (χ1v) is 9.47. The molecule has 0 aliphatic carbocycles. The molecule has 0 heterocycles. The summed E-state index contributed by atoms with van der Waals surface area (Å²) in [6.45, 7) is 4.43. The quantitative estimate of drug-likeness (QED) is 0.475. The zero-order valence-corrected chi connectivity index (χ0v) is 15.7. The van der Waals surface area contributed by atoms with Crippen LogP contribution in [0.25, 0.3) is 0 Å². The van der Waals surface area contributed by atoms with E-state index in [0.29, 0.717) is 0 Å². The van der Waals surface area contributed by atoms with Gasteiger partial charge in [0.05, 0.1) is 0 Å². The number of alkyl halides is 4. The molecule has 90 valence electrons. The standard InChI is InChI=1S/C12H14Br4/c1-7-9(3-13)11(5-15)8(2)12(6-16)10(7)4-14/h3-6H2,1-2H3. The van der Waals surface area contributed by atoms with Crippen LogP contribution in [0.3, 0.4) is 0 Å². The molecule has 0 fully saturated rings. The first kappa shape index (κ1) is 15.2.